The molecule has 4 heteroatoms. The van der Waals surface area contributed by atoms with Gasteiger partial charge in [0.2, 0.25) is 0 Å². The molecular weight excluding hydrogens is 252 g/mol. The Balaban J connectivity index is 2.01. The number of aryl methyl sites for hydroxylation is 1. The van der Waals surface area contributed by atoms with E-state index in [0.717, 1.165) is 18.7 Å². The lowest BCUT2D eigenvalue weighted by Crippen LogP contribution is -2.16. The molecular formula is C16H22N2O2. The molecule has 1 aromatic heterocycles. The van der Waals surface area contributed by atoms with E-state index in [2.05, 4.69) is 36.3 Å². The van der Waals surface area contributed by atoms with Gasteiger partial charge in [-0.25, -0.2) is 0 Å². The standard InChI is InChI=1S/C16H22N2O2/c1-4-13-6-5-7-14(10-13)12-18-9-8-15(17-18)11-16(19-2)20-3/h5-10,16H,4,11-12H2,1-3H3. The van der Waals surface area contributed by atoms with Crippen LogP contribution in [0, 0.1) is 0 Å². The minimum atomic E-state index is -0.234. The van der Waals surface area contributed by atoms with Crippen LogP contribution in [0.4, 0.5) is 0 Å². The Morgan fingerprint density at radius 2 is 1.90 bits per heavy atom. The molecule has 0 saturated carbocycles. The van der Waals surface area contributed by atoms with Crippen molar-refractivity contribution in [3.05, 3.63) is 53.3 Å². The van der Waals surface area contributed by atoms with Crippen molar-refractivity contribution in [2.24, 2.45) is 0 Å². The third-order valence-electron chi connectivity index (χ3n) is 3.34. The van der Waals surface area contributed by atoms with Gasteiger partial charge in [0.25, 0.3) is 0 Å². The molecule has 108 valence electrons. The summed E-state index contributed by atoms with van der Waals surface area (Å²) in [5.74, 6) is 0. The molecule has 0 aliphatic carbocycles. The lowest BCUT2D eigenvalue weighted by atomic mass is 10.1. The first-order chi connectivity index (χ1) is 9.75. The van der Waals surface area contributed by atoms with Crippen LogP contribution in [0.1, 0.15) is 23.7 Å². The van der Waals surface area contributed by atoms with E-state index in [-0.39, 0.29) is 6.29 Å². The summed E-state index contributed by atoms with van der Waals surface area (Å²) in [6.45, 7) is 2.96. The van der Waals surface area contributed by atoms with Gasteiger partial charge in [0, 0.05) is 26.8 Å². The second-order valence-corrected chi connectivity index (χ2v) is 4.78. The lowest BCUT2D eigenvalue weighted by molar-refractivity contribution is -0.101. The van der Waals surface area contributed by atoms with Crippen LogP contribution >= 0.6 is 0 Å². The fraction of sp³-hybridized carbons (Fsp3) is 0.438. The van der Waals surface area contributed by atoms with Crippen LogP contribution in [0.25, 0.3) is 0 Å². The molecule has 0 fully saturated rings. The number of methoxy groups -OCH3 is 2. The fourth-order valence-corrected chi connectivity index (χ4v) is 2.17. The SMILES string of the molecule is CCc1cccc(Cn2ccc(CC(OC)OC)n2)c1. The molecule has 0 aliphatic rings. The van der Waals surface area contributed by atoms with Gasteiger partial charge in [-0.2, -0.15) is 5.10 Å². The van der Waals surface area contributed by atoms with E-state index in [1.165, 1.54) is 11.1 Å². The molecule has 0 radical (unpaired) electrons. The maximum Gasteiger partial charge on any atom is 0.162 e. The van der Waals surface area contributed by atoms with Crippen molar-refractivity contribution in [3.8, 4) is 0 Å². The second kappa shape index (κ2) is 7.22. The average Bonchev–Trinajstić information content (AvgIpc) is 2.92. The summed E-state index contributed by atoms with van der Waals surface area (Å²) in [4.78, 5) is 0. The molecule has 1 aromatic carbocycles. The van der Waals surface area contributed by atoms with Gasteiger partial charge >= 0.3 is 0 Å². The average molecular weight is 274 g/mol. The third-order valence-corrected chi connectivity index (χ3v) is 3.34. The molecule has 0 N–H and O–H groups in total. The maximum absolute atomic E-state index is 5.19. The smallest absolute Gasteiger partial charge is 0.162 e. The zero-order valence-corrected chi connectivity index (χ0v) is 12.4. The van der Waals surface area contributed by atoms with Gasteiger partial charge < -0.3 is 9.47 Å². The van der Waals surface area contributed by atoms with Gasteiger partial charge in [0.05, 0.1) is 12.2 Å². The Morgan fingerprint density at radius 1 is 1.15 bits per heavy atom. The van der Waals surface area contributed by atoms with Crippen molar-refractivity contribution in [2.75, 3.05) is 14.2 Å². The summed E-state index contributed by atoms with van der Waals surface area (Å²) in [6.07, 6.45) is 3.48. The van der Waals surface area contributed by atoms with Crippen molar-refractivity contribution >= 4 is 0 Å². The normalized spacial score (nSPS) is 11.2. The van der Waals surface area contributed by atoms with Crippen LogP contribution in [-0.2, 0) is 28.9 Å². The van der Waals surface area contributed by atoms with E-state index in [4.69, 9.17) is 9.47 Å². The zero-order chi connectivity index (χ0) is 14.4. The van der Waals surface area contributed by atoms with Crippen molar-refractivity contribution < 1.29 is 9.47 Å². The van der Waals surface area contributed by atoms with Crippen LogP contribution in [0.15, 0.2) is 36.5 Å². The van der Waals surface area contributed by atoms with Crippen molar-refractivity contribution in [1.29, 1.82) is 0 Å². The summed E-state index contributed by atoms with van der Waals surface area (Å²) >= 11 is 0. The molecule has 0 aliphatic heterocycles. The van der Waals surface area contributed by atoms with Crippen LogP contribution in [0.2, 0.25) is 0 Å². The number of nitrogens with zero attached hydrogens (tertiary/aromatic N) is 2. The minimum Gasteiger partial charge on any atom is -0.356 e. The van der Waals surface area contributed by atoms with Gasteiger partial charge in [-0.1, -0.05) is 31.2 Å². The molecule has 0 amide bonds. The highest BCUT2D eigenvalue weighted by Crippen LogP contribution is 2.09. The van der Waals surface area contributed by atoms with Crippen LogP contribution in [0.3, 0.4) is 0 Å². The van der Waals surface area contributed by atoms with Crippen molar-refractivity contribution in [1.82, 2.24) is 9.78 Å². The Hall–Kier alpha value is -1.65. The van der Waals surface area contributed by atoms with Gasteiger partial charge in [-0.15, -0.1) is 0 Å². The van der Waals surface area contributed by atoms with Crippen LogP contribution in [0.5, 0.6) is 0 Å². The Morgan fingerprint density at radius 3 is 2.60 bits per heavy atom. The highest BCUT2D eigenvalue weighted by molar-refractivity contribution is 5.23. The largest absolute Gasteiger partial charge is 0.356 e. The molecule has 0 spiro atoms. The minimum absolute atomic E-state index is 0.234. The molecule has 2 rings (SSSR count). The van der Waals surface area contributed by atoms with E-state index in [1.54, 1.807) is 14.2 Å². The molecule has 4 nitrogen and oxygen atoms in total. The van der Waals surface area contributed by atoms with Gasteiger partial charge in [-0.05, 0) is 23.6 Å². The van der Waals surface area contributed by atoms with E-state index in [1.807, 2.05) is 16.9 Å². The van der Waals surface area contributed by atoms with E-state index < -0.39 is 0 Å². The van der Waals surface area contributed by atoms with E-state index in [0.29, 0.717) is 6.42 Å². The summed E-state index contributed by atoms with van der Waals surface area (Å²) in [5, 5.41) is 4.55. The van der Waals surface area contributed by atoms with E-state index in [9.17, 15) is 0 Å². The number of rotatable bonds is 7. The van der Waals surface area contributed by atoms with Crippen molar-refractivity contribution in [3.63, 3.8) is 0 Å². The molecule has 20 heavy (non-hydrogen) atoms. The molecule has 0 bridgehead atoms. The Bertz CT molecular complexity index is 533. The topological polar surface area (TPSA) is 36.3 Å². The highest BCUT2D eigenvalue weighted by Gasteiger charge is 2.09. The first kappa shape index (κ1) is 14.8. The Kier molecular flexibility index (Phi) is 5.32. The number of hydrogen-bond donors (Lipinski definition) is 0. The predicted octanol–water partition coefficient (Wildman–Crippen LogP) is 2.66. The number of hydrogen-bond acceptors (Lipinski definition) is 3. The summed E-state index contributed by atoms with van der Waals surface area (Å²) in [5.41, 5.74) is 3.60. The summed E-state index contributed by atoms with van der Waals surface area (Å²) in [7, 11) is 3.28. The lowest BCUT2D eigenvalue weighted by Gasteiger charge is -2.11. The quantitative estimate of drug-likeness (QED) is 0.728. The highest BCUT2D eigenvalue weighted by atomic mass is 16.7. The molecule has 0 unspecified atom stereocenters. The predicted molar refractivity (Wildman–Crippen MR) is 78.7 cm³/mol. The number of benzene rings is 1. The molecule has 1 heterocycles. The maximum atomic E-state index is 5.19. The molecule has 0 atom stereocenters. The number of aromatic nitrogens is 2. The summed E-state index contributed by atoms with van der Waals surface area (Å²) in [6, 6.07) is 10.6. The van der Waals surface area contributed by atoms with Crippen LogP contribution < -0.4 is 0 Å². The fourth-order valence-electron chi connectivity index (χ4n) is 2.17. The third kappa shape index (κ3) is 3.92. The zero-order valence-electron chi connectivity index (χ0n) is 12.4. The first-order valence-electron chi connectivity index (χ1n) is 6.91. The monoisotopic (exact) mass is 274 g/mol. The first-order valence-corrected chi connectivity index (χ1v) is 6.91. The van der Waals surface area contributed by atoms with Gasteiger partial charge in [-0.3, -0.25) is 4.68 Å². The Labute approximate surface area is 120 Å². The van der Waals surface area contributed by atoms with Gasteiger partial charge in [0.15, 0.2) is 6.29 Å². The van der Waals surface area contributed by atoms with Crippen LogP contribution in [-0.4, -0.2) is 30.3 Å². The van der Waals surface area contributed by atoms with Gasteiger partial charge in [0.1, 0.15) is 0 Å². The number of ether oxygens (including phenoxy) is 2. The van der Waals surface area contributed by atoms with Crippen molar-refractivity contribution in [2.45, 2.75) is 32.6 Å². The molecule has 0 saturated heterocycles. The molecule has 2 aromatic rings. The summed E-state index contributed by atoms with van der Waals surface area (Å²) < 4.78 is 12.3. The van der Waals surface area contributed by atoms with E-state index >= 15 is 0 Å². The second-order valence-electron chi connectivity index (χ2n) is 4.78.